The van der Waals surface area contributed by atoms with Crippen LogP contribution in [0.3, 0.4) is 0 Å². The molecule has 0 saturated carbocycles. The van der Waals surface area contributed by atoms with Gasteiger partial charge in [-0.3, -0.25) is 4.79 Å². The predicted molar refractivity (Wildman–Crippen MR) is 92.6 cm³/mol. The van der Waals surface area contributed by atoms with Crippen LogP contribution in [0.25, 0.3) is 0 Å². The Hall–Kier alpha value is -2.01. The molecule has 5 heteroatoms. The SMILES string of the molecule is COC(=O)c1c(C)[nH]c(C(=O)CSc2ccc(C)cc2C)c1C. The topological polar surface area (TPSA) is 59.2 Å². The summed E-state index contributed by atoms with van der Waals surface area (Å²) >= 11 is 1.51. The number of aryl methyl sites for hydroxylation is 3. The minimum absolute atomic E-state index is 0.0225. The molecule has 2 rings (SSSR count). The molecule has 0 fully saturated rings. The molecule has 1 N–H and O–H groups in total. The Kier molecular flexibility index (Phi) is 5.31. The molecule has 0 saturated heterocycles. The van der Waals surface area contributed by atoms with Crippen molar-refractivity contribution in [2.24, 2.45) is 0 Å². The summed E-state index contributed by atoms with van der Waals surface area (Å²) < 4.78 is 4.77. The average molecular weight is 331 g/mol. The number of hydrogen-bond acceptors (Lipinski definition) is 4. The van der Waals surface area contributed by atoms with E-state index in [9.17, 15) is 9.59 Å². The van der Waals surface area contributed by atoms with Gasteiger partial charge in [0.05, 0.1) is 24.1 Å². The first kappa shape index (κ1) is 17.3. The average Bonchev–Trinajstić information content (AvgIpc) is 2.80. The first-order chi connectivity index (χ1) is 10.8. The van der Waals surface area contributed by atoms with Crippen LogP contribution in [-0.4, -0.2) is 29.6 Å². The Morgan fingerprint density at radius 2 is 1.87 bits per heavy atom. The number of thioether (sulfide) groups is 1. The number of ketones is 1. The lowest BCUT2D eigenvalue weighted by Crippen LogP contribution is -2.07. The number of carbonyl (C=O) groups excluding carboxylic acids is 2. The Labute approximate surface area is 140 Å². The molecule has 0 radical (unpaired) electrons. The molecule has 0 bridgehead atoms. The van der Waals surface area contributed by atoms with Gasteiger partial charge in [0, 0.05) is 10.6 Å². The first-order valence-corrected chi connectivity index (χ1v) is 8.34. The zero-order valence-corrected chi connectivity index (χ0v) is 14.9. The smallest absolute Gasteiger partial charge is 0.339 e. The van der Waals surface area contributed by atoms with E-state index in [-0.39, 0.29) is 5.78 Å². The van der Waals surface area contributed by atoms with E-state index in [1.54, 1.807) is 13.8 Å². The fourth-order valence-corrected chi connectivity index (χ4v) is 3.50. The molecule has 2 aromatic rings. The Balaban J connectivity index is 2.17. The van der Waals surface area contributed by atoms with Crippen molar-refractivity contribution in [3.05, 3.63) is 51.8 Å². The van der Waals surface area contributed by atoms with E-state index in [1.807, 2.05) is 26.0 Å². The molecule has 0 unspecified atom stereocenters. The molecule has 0 aliphatic heterocycles. The van der Waals surface area contributed by atoms with E-state index in [4.69, 9.17) is 4.74 Å². The van der Waals surface area contributed by atoms with E-state index in [0.717, 1.165) is 10.5 Å². The standard InChI is InChI=1S/C18H21NO3S/c1-10-6-7-15(11(2)8-10)23-9-14(20)17-12(3)16(13(4)19-17)18(21)22-5/h6-8,19H,9H2,1-5H3. The lowest BCUT2D eigenvalue weighted by Gasteiger charge is -2.06. The van der Waals surface area contributed by atoms with E-state index in [1.165, 1.54) is 24.4 Å². The van der Waals surface area contributed by atoms with E-state index in [2.05, 4.69) is 11.1 Å². The van der Waals surface area contributed by atoms with Gasteiger partial charge in [-0.15, -0.1) is 11.8 Å². The molecule has 0 spiro atoms. The summed E-state index contributed by atoms with van der Waals surface area (Å²) in [5, 5.41) is 0. The number of ether oxygens (including phenoxy) is 1. The number of carbonyl (C=O) groups is 2. The normalized spacial score (nSPS) is 10.7. The van der Waals surface area contributed by atoms with Gasteiger partial charge in [-0.2, -0.15) is 0 Å². The fraction of sp³-hybridized carbons (Fsp3) is 0.333. The van der Waals surface area contributed by atoms with Crippen molar-refractivity contribution in [3.63, 3.8) is 0 Å². The van der Waals surface area contributed by atoms with Crippen molar-refractivity contribution in [3.8, 4) is 0 Å². The second kappa shape index (κ2) is 7.04. The van der Waals surface area contributed by atoms with Gasteiger partial charge in [0.2, 0.25) is 0 Å². The number of aromatic amines is 1. The van der Waals surface area contributed by atoms with Crippen LogP contribution < -0.4 is 0 Å². The fourth-order valence-electron chi connectivity index (χ4n) is 2.61. The van der Waals surface area contributed by atoms with Crippen LogP contribution in [0.5, 0.6) is 0 Å². The number of esters is 1. The van der Waals surface area contributed by atoms with Gasteiger partial charge in [0.1, 0.15) is 0 Å². The van der Waals surface area contributed by atoms with Crippen LogP contribution in [0.1, 0.15) is 43.2 Å². The molecule has 23 heavy (non-hydrogen) atoms. The second-order valence-electron chi connectivity index (χ2n) is 5.60. The van der Waals surface area contributed by atoms with Crippen LogP contribution in [0, 0.1) is 27.7 Å². The highest BCUT2D eigenvalue weighted by molar-refractivity contribution is 8.00. The zero-order chi connectivity index (χ0) is 17.1. The van der Waals surface area contributed by atoms with E-state index < -0.39 is 5.97 Å². The van der Waals surface area contributed by atoms with E-state index in [0.29, 0.717) is 28.3 Å². The third kappa shape index (κ3) is 3.67. The number of methoxy groups -OCH3 is 1. The van der Waals surface area contributed by atoms with Crippen LogP contribution in [0.4, 0.5) is 0 Å². The zero-order valence-electron chi connectivity index (χ0n) is 14.1. The lowest BCUT2D eigenvalue weighted by atomic mass is 10.1. The largest absolute Gasteiger partial charge is 0.465 e. The summed E-state index contributed by atoms with van der Waals surface area (Å²) in [4.78, 5) is 28.4. The molecular formula is C18H21NO3S. The first-order valence-electron chi connectivity index (χ1n) is 7.36. The summed E-state index contributed by atoms with van der Waals surface area (Å²) in [6.07, 6.45) is 0. The number of benzene rings is 1. The Morgan fingerprint density at radius 1 is 1.17 bits per heavy atom. The van der Waals surface area contributed by atoms with Crippen LogP contribution in [0.2, 0.25) is 0 Å². The van der Waals surface area contributed by atoms with Gasteiger partial charge in [-0.05, 0) is 44.9 Å². The third-order valence-electron chi connectivity index (χ3n) is 3.80. The number of aromatic nitrogens is 1. The summed E-state index contributed by atoms with van der Waals surface area (Å²) in [5.41, 5.74) is 4.62. The van der Waals surface area contributed by atoms with Gasteiger partial charge in [-0.25, -0.2) is 4.79 Å². The molecule has 1 aromatic carbocycles. The summed E-state index contributed by atoms with van der Waals surface area (Å²) in [7, 11) is 1.34. The maximum absolute atomic E-state index is 12.5. The predicted octanol–water partition coefficient (Wildman–Crippen LogP) is 4.01. The van der Waals surface area contributed by atoms with Crippen LogP contribution in [-0.2, 0) is 4.74 Å². The van der Waals surface area contributed by atoms with Crippen molar-refractivity contribution in [1.82, 2.24) is 4.98 Å². The molecule has 0 aliphatic rings. The maximum atomic E-state index is 12.5. The van der Waals surface area contributed by atoms with Gasteiger partial charge in [-0.1, -0.05) is 17.7 Å². The minimum atomic E-state index is -0.419. The number of Topliss-reactive ketones (excluding diaryl/α,β-unsaturated/α-hetero) is 1. The quantitative estimate of drug-likeness (QED) is 0.511. The van der Waals surface area contributed by atoms with Crippen LogP contribution in [0.15, 0.2) is 23.1 Å². The van der Waals surface area contributed by atoms with Crippen molar-refractivity contribution in [2.75, 3.05) is 12.9 Å². The highest BCUT2D eigenvalue weighted by Crippen LogP contribution is 2.26. The number of H-pyrrole nitrogens is 1. The van der Waals surface area contributed by atoms with Crippen LogP contribution >= 0.6 is 11.8 Å². The van der Waals surface area contributed by atoms with E-state index >= 15 is 0 Å². The van der Waals surface area contributed by atoms with Crippen molar-refractivity contribution in [2.45, 2.75) is 32.6 Å². The molecule has 0 amide bonds. The maximum Gasteiger partial charge on any atom is 0.339 e. The molecular weight excluding hydrogens is 310 g/mol. The van der Waals surface area contributed by atoms with Crippen molar-refractivity contribution < 1.29 is 14.3 Å². The highest BCUT2D eigenvalue weighted by Gasteiger charge is 2.22. The molecule has 122 valence electrons. The summed E-state index contributed by atoms with van der Waals surface area (Å²) in [5.74, 6) is -0.117. The molecule has 0 atom stereocenters. The molecule has 0 aliphatic carbocycles. The number of hydrogen-bond donors (Lipinski definition) is 1. The van der Waals surface area contributed by atoms with Gasteiger partial charge >= 0.3 is 5.97 Å². The second-order valence-corrected chi connectivity index (χ2v) is 6.61. The summed E-state index contributed by atoms with van der Waals surface area (Å²) in [6.45, 7) is 7.63. The van der Waals surface area contributed by atoms with Gasteiger partial charge in [0.15, 0.2) is 5.78 Å². The third-order valence-corrected chi connectivity index (χ3v) is 4.97. The van der Waals surface area contributed by atoms with Crippen molar-refractivity contribution >= 4 is 23.5 Å². The highest BCUT2D eigenvalue weighted by atomic mass is 32.2. The Morgan fingerprint density at radius 3 is 2.48 bits per heavy atom. The minimum Gasteiger partial charge on any atom is -0.465 e. The summed E-state index contributed by atoms with van der Waals surface area (Å²) in [6, 6.07) is 6.18. The monoisotopic (exact) mass is 331 g/mol. The molecule has 1 aromatic heterocycles. The lowest BCUT2D eigenvalue weighted by molar-refractivity contribution is 0.0599. The Bertz CT molecular complexity index is 762. The number of nitrogens with one attached hydrogen (secondary N) is 1. The van der Waals surface area contributed by atoms with Crippen molar-refractivity contribution in [1.29, 1.82) is 0 Å². The van der Waals surface area contributed by atoms with Gasteiger partial charge in [0.25, 0.3) is 0 Å². The molecule has 4 nitrogen and oxygen atoms in total. The molecule has 1 heterocycles. The van der Waals surface area contributed by atoms with Gasteiger partial charge < -0.3 is 9.72 Å². The number of rotatable bonds is 5.